The van der Waals surface area contributed by atoms with Gasteiger partial charge >= 0.3 is 0 Å². The molecule has 18 heavy (non-hydrogen) atoms. The van der Waals surface area contributed by atoms with E-state index in [1.54, 1.807) is 0 Å². The van der Waals surface area contributed by atoms with Gasteiger partial charge in [0.05, 0.1) is 16.0 Å². The van der Waals surface area contributed by atoms with E-state index in [4.69, 9.17) is 5.73 Å². The number of non-ortho nitro benzene ring substituents is 1. The second-order valence-electron chi connectivity index (χ2n) is 4.40. The van der Waals surface area contributed by atoms with Gasteiger partial charge in [0.15, 0.2) is 0 Å². The lowest BCUT2D eigenvalue weighted by atomic mass is 10.1. The average Bonchev–Trinajstić information content (AvgIpc) is 3.12. The number of phenolic OH excluding ortho intramolecular Hbond substituents is 1. The summed E-state index contributed by atoms with van der Waals surface area (Å²) in [6, 6.07) is 3.47. The van der Waals surface area contributed by atoms with Crippen LogP contribution >= 0.6 is 0 Å². The van der Waals surface area contributed by atoms with E-state index in [9.17, 15) is 20.0 Å². The molecule has 0 radical (unpaired) electrons. The third kappa shape index (κ3) is 2.12. The van der Waals surface area contributed by atoms with E-state index >= 15 is 0 Å². The Hall–Kier alpha value is -2.15. The number of aromatic hydroxyl groups is 1. The standard InChI is InChI=1S/C11H13N3O4/c12-6-11(3-4-11)10(16)13-8-5-7(14(17)18)1-2-9(8)15/h1-2,5,15H,3-4,6,12H2,(H,13,16). The molecular formula is C11H13N3O4. The topological polar surface area (TPSA) is 118 Å². The molecule has 0 aromatic heterocycles. The molecule has 4 N–H and O–H groups in total. The number of rotatable bonds is 4. The normalized spacial score (nSPS) is 16.1. The fraction of sp³-hybridized carbons (Fsp3) is 0.364. The summed E-state index contributed by atoms with van der Waals surface area (Å²) >= 11 is 0. The van der Waals surface area contributed by atoms with Crippen molar-refractivity contribution in [3.8, 4) is 5.75 Å². The third-order valence-corrected chi connectivity index (χ3v) is 3.17. The lowest BCUT2D eigenvalue weighted by Crippen LogP contribution is -2.30. The minimum Gasteiger partial charge on any atom is -0.506 e. The zero-order valence-corrected chi connectivity index (χ0v) is 9.55. The van der Waals surface area contributed by atoms with E-state index in [0.29, 0.717) is 12.8 Å². The number of nitrogens with one attached hydrogen (secondary N) is 1. The van der Waals surface area contributed by atoms with Gasteiger partial charge in [-0.15, -0.1) is 0 Å². The maximum absolute atomic E-state index is 11.9. The largest absolute Gasteiger partial charge is 0.506 e. The molecule has 1 aromatic carbocycles. The molecule has 0 bridgehead atoms. The van der Waals surface area contributed by atoms with Crippen LogP contribution in [-0.4, -0.2) is 22.5 Å². The molecule has 7 nitrogen and oxygen atoms in total. The Balaban J connectivity index is 2.21. The predicted octanol–water partition coefficient (Wildman–Crippen LogP) is 0.978. The Morgan fingerprint density at radius 2 is 2.22 bits per heavy atom. The van der Waals surface area contributed by atoms with Crippen molar-refractivity contribution < 1.29 is 14.8 Å². The average molecular weight is 251 g/mol. The van der Waals surface area contributed by atoms with Gasteiger partial charge in [0.25, 0.3) is 5.69 Å². The lowest BCUT2D eigenvalue weighted by molar-refractivity contribution is -0.384. The van der Waals surface area contributed by atoms with E-state index < -0.39 is 10.3 Å². The van der Waals surface area contributed by atoms with Gasteiger partial charge in [-0.25, -0.2) is 0 Å². The summed E-state index contributed by atoms with van der Waals surface area (Å²) in [7, 11) is 0. The predicted molar refractivity (Wildman–Crippen MR) is 64.1 cm³/mol. The Morgan fingerprint density at radius 3 is 2.72 bits per heavy atom. The number of carbonyl (C=O) groups is 1. The van der Waals surface area contributed by atoms with Crippen LogP contribution in [0, 0.1) is 15.5 Å². The van der Waals surface area contributed by atoms with Crippen LogP contribution in [0.2, 0.25) is 0 Å². The maximum Gasteiger partial charge on any atom is 0.271 e. The summed E-state index contributed by atoms with van der Waals surface area (Å²) in [6.07, 6.45) is 1.40. The van der Waals surface area contributed by atoms with Gasteiger partial charge in [-0.1, -0.05) is 0 Å². The molecule has 1 saturated carbocycles. The molecule has 96 valence electrons. The Bertz CT molecular complexity index is 511. The molecule has 0 atom stereocenters. The van der Waals surface area contributed by atoms with Crippen molar-refractivity contribution in [2.24, 2.45) is 11.1 Å². The Labute approximate surface area is 103 Å². The van der Waals surface area contributed by atoms with Gasteiger partial charge in [-0.05, 0) is 18.9 Å². The fourth-order valence-corrected chi connectivity index (χ4v) is 1.67. The minimum atomic E-state index is -0.592. The van der Waals surface area contributed by atoms with Crippen LogP contribution in [0.5, 0.6) is 5.75 Å². The van der Waals surface area contributed by atoms with Crippen molar-refractivity contribution in [2.45, 2.75) is 12.8 Å². The zero-order valence-electron chi connectivity index (χ0n) is 9.55. The fourth-order valence-electron chi connectivity index (χ4n) is 1.67. The van der Waals surface area contributed by atoms with Crippen molar-refractivity contribution in [2.75, 3.05) is 11.9 Å². The van der Waals surface area contributed by atoms with Gasteiger partial charge in [0.1, 0.15) is 5.75 Å². The smallest absolute Gasteiger partial charge is 0.271 e. The first-order chi connectivity index (χ1) is 8.48. The highest BCUT2D eigenvalue weighted by Crippen LogP contribution is 2.45. The van der Waals surface area contributed by atoms with Crippen LogP contribution < -0.4 is 11.1 Å². The number of amides is 1. The molecule has 1 aliphatic rings. The van der Waals surface area contributed by atoms with Crippen LogP contribution in [0.1, 0.15) is 12.8 Å². The minimum absolute atomic E-state index is 0.0360. The highest BCUT2D eigenvalue weighted by atomic mass is 16.6. The SMILES string of the molecule is NCC1(C(=O)Nc2cc([N+](=O)[O-])ccc2O)CC1. The van der Waals surface area contributed by atoms with Gasteiger partial charge in [-0.3, -0.25) is 14.9 Å². The van der Waals surface area contributed by atoms with Crippen molar-refractivity contribution in [3.05, 3.63) is 28.3 Å². The molecule has 0 saturated heterocycles. The van der Waals surface area contributed by atoms with Gasteiger partial charge < -0.3 is 16.2 Å². The number of carbonyl (C=O) groups excluding carboxylic acids is 1. The molecule has 7 heteroatoms. The first-order valence-corrected chi connectivity index (χ1v) is 5.47. The molecule has 0 unspecified atom stereocenters. The van der Waals surface area contributed by atoms with Crippen LogP contribution in [0.15, 0.2) is 18.2 Å². The summed E-state index contributed by atoms with van der Waals surface area (Å²) in [5, 5.41) is 22.6. The van der Waals surface area contributed by atoms with Gasteiger partial charge in [-0.2, -0.15) is 0 Å². The second kappa shape index (κ2) is 4.26. The lowest BCUT2D eigenvalue weighted by Gasteiger charge is -2.13. The molecule has 1 fully saturated rings. The number of nitrogens with two attached hydrogens (primary N) is 1. The first-order valence-electron chi connectivity index (χ1n) is 5.47. The van der Waals surface area contributed by atoms with E-state index in [2.05, 4.69) is 5.32 Å². The Kier molecular flexibility index (Phi) is 2.92. The van der Waals surface area contributed by atoms with Crippen LogP contribution in [0.25, 0.3) is 0 Å². The van der Waals surface area contributed by atoms with Crippen molar-refractivity contribution in [3.63, 3.8) is 0 Å². The van der Waals surface area contributed by atoms with E-state index in [0.717, 1.165) is 6.07 Å². The molecule has 0 heterocycles. The van der Waals surface area contributed by atoms with Crippen LogP contribution in [0.3, 0.4) is 0 Å². The van der Waals surface area contributed by atoms with Crippen LogP contribution in [-0.2, 0) is 4.79 Å². The zero-order chi connectivity index (χ0) is 13.3. The second-order valence-corrected chi connectivity index (χ2v) is 4.40. The molecule has 2 rings (SSSR count). The molecule has 0 aliphatic heterocycles. The molecular weight excluding hydrogens is 238 g/mol. The number of hydrogen-bond acceptors (Lipinski definition) is 5. The van der Waals surface area contributed by atoms with Gasteiger partial charge in [0.2, 0.25) is 5.91 Å². The summed E-state index contributed by atoms with van der Waals surface area (Å²) < 4.78 is 0. The number of nitro groups is 1. The quantitative estimate of drug-likeness (QED) is 0.418. The summed E-state index contributed by atoms with van der Waals surface area (Å²) in [5.74, 6) is -0.512. The number of anilines is 1. The summed E-state index contributed by atoms with van der Waals surface area (Å²) in [5.41, 5.74) is 4.78. The molecule has 1 aromatic rings. The monoisotopic (exact) mass is 251 g/mol. The third-order valence-electron chi connectivity index (χ3n) is 3.17. The maximum atomic E-state index is 11.9. The number of nitrogens with zero attached hydrogens (tertiary/aromatic N) is 1. The molecule has 1 amide bonds. The molecule has 0 spiro atoms. The number of phenols is 1. The molecule has 1 aliphatic carbocycles. The van der Waals surface area contributed by atoms with Crippen LogP contribution in [0.4, 0.5) is 11.4 Å². The van der Waals surface area contributed by atoms with E-state index in [-0.39, 0.29) is 29.6 Å². The van der Waals surface area contributed by atoms with Crippen molar-refractivity contribution in [1.29, 1.82) is 0 Å². The summed E-state index contributed by atoms with van der Waals surface area (Å²) in [6.45, 7) is 0.231. The van der Waals surface area contributed by atoms with Crippen molar-refractivity contribution in [1.82, 2.24) is 0 Å². The summed E-state index contributed by atoms with van der Waals surface area (Å²) in [4.78, 5) is 21.9. The Morgan fingerprint density at radius 1 is 1.56 bits per heavy atom. The first kappa shape index (κ1) is 12.3. The number of benzene rings is 1. The highest BCUT2D eigenvalue weighted by molar-refractivity contribution is 5.98. The highest BCUT2D eigenvalue weighted by Gasteiger charge is 2.48. The number of nitro benzene ring substituents is 1. The van der Waals surface area contributed by atoms with E-state index in [1.807, 2.05) is 0 Å². The number of hydrogen-bond donors (Lipinski definition) is 3. The van der Waals surface area contributed by atoms with Crippen molar-refractivity contribution >= 4 is 17.3 Å². The van der Waals surface area contributed by atoms with E-state index in [1.165, 1.54) is 12.1 Å². The van der Waals surface area contributed by atoms with Gasteiger partial charge in [0, 0.05) is 18.7 Å².